The molecular formula is C8H11IN4O3. The van der Waals surface area contributed by atoms with Crippen LogP contribution in [0.15, 0.2) is 12.5 Å². The molecule has 1 aromatic heterocycles. The smallest absolute Gasteiger partial charge is 0.324 e. The van der Waals surface area contributed by atoms with Crippen molar-refractivity contribution in [2.24, 2.45) is 11.5 Å². The highest BCUT2D eigenvalue weighted by Crippen LogP contribution is 2.05. The largest absolute Gasteiger partial charge is 0.440 e. The number of aromatic amines is 1. The van der Waals surface area contributed by atoms with E-state index in [1.807, 2.05) is 0 Å². The summed E-state index contributed by atoms with van der Waals surface area (Å²) in [7, 11) is 0. The van der Waals surface area contributed by atoms with Crippen LogP contribution < -0.4 is 11.5 Å². The summed E-state index contributed by atoms with van der Waals surface area (Å²) in [4.78, 5) is 28.6. The predicted octanol–water partition coefficient (Wildman–Crippen LogP) is -0.931. The molecule has 0 bridgehead atoms. The minimum absolute atomic E-state index is 0.265. The first-order valence-electron chi connectivity index (χ1n) is 4.37. The number of rotatable bonds is 5. The number of amides is 1. The Labute approximate surface area is 105 Å². The standard InChI is InChI=1S/C8H11IN4O3/c9-6(7(11)14)16-8(15)5(10)1-4-2-12-3-13-4/h2-3,5-6H,1,10H2,(H2,11,14)(H,12,13)/t5-,6?/m0/s1. The van der Waals surface area contributed by atoms with E-state index in [9.17, 15) is 9.59 Å². The molecule has 5 N–H and O–H groups in total. The molecule has 0 saturated heterocycles. The number of alkyl halides is 1. The lowest BCUT2D eigenvalue weighted by atomic mass is 10.2. The summed E-state index contributed by atoms with van der Waals surface area (Å²) in [5.74, 6) is -1.39. The third-order valence-corrected chi connectivity index (χ3v) is 2.61. The summed E-state index contributed by atoms with van der Waals surface area (Å²) < 4.78 is 3.73. The van der Waals surface area contributed by atoms with Crippen LogP contribution in [0.25, 0.3) is 0 Å². The maximum atomic E-state index is 11.4. The number of hydrogen-bond donors (Lipinski definition) is 3. The first-order chi connectivity index (χ1) is 7.50. The van der Waals surface area contributed by atoms with Crippen molar-refractivity contribution >= 4 is 34.5 Å². The Morgan fingerprint density at radius 2 is 2.31 bits per heavy atom. The molecule has 0 saturated carbocycles. The number of nitrogens with one attached hydrogen (secondary N) is 1. The topological polar surface area (TPSA) is 124 Å². The van der Waals surface area contributed by atoms with Gasteiger partial charge < -0.3 is 21.2 Å². The highest BCUT2D eigenvalue weighted by atomic mass is 127. The van der Waals surface area contributed by atoms with Gasteiger partial charge in [0, 0.05) is 18.3 Å². The lowest BCUT2D eigenvalue weighted by Crippen LogP contribution is -2.38. The van der Waals surface area contributed by atoms with E-state index in [2.05, 4.69) is 9.97 Å². The lowest BCUT2D eigenvalue weighted by molar-refractivity contribution is -0.150. The number of esters is 1. The fourth-order valence-electron chi connectivity index (χ4n) is 0.964. The summed E-state index contributed by atoms with van der Waals surface area (Å²) in [6, 6.07) is -0.850. The molecule has 1 amide bonds. The molecule has 0 spiro atoms. The summed E-state index contributed by atoms with van der Waals surface area (Å²) in [6.07, 6.45) is 3.31. The van der Waals surface area contributed by atoms with Gasteiger partial charge in [-0.25, -0.2) is 4.98 Å². The maximum Gasteiger partial charge on any atom is 0.324 e. The molecule has 0 radical (unpaired) electrons. The van der Waals surface area contributed by atoms with Crippen molar-refractivity contribution in [1.29, 1.82) is 0 Å². The molecule has 0 aromatic carbocycles. The van der Waals surface area contributed by atoms with Gasteiger partial charge in [0.2, 0.25) is 4.11 Å². The van der Waals surface area contributed by atoms with E-state index in [1.54, 1.807) is 28.8 Å². The molecule has 0 aliphatic rings. The van der Waals surface area contributed by atoms with Gasteiger partial charge in [0.25, 0.3) is 5.91 Å². The molecule has 2 atom stereocenters. The average Bonchev–Trinajstić information content (AvgIpc) is 2.69. The van der Waals surface area contributed by atoms with Gasteiger partial charge in [-0.15, -0.1) is 0 Å². The van der Waals surface area contributed by atoms with Crippen LogP contribution in [0, 0.1) is 0 Å². The van der Waals surface area contributed by atoms with E-state index in [-0.39, 0.29) is 6.42 Å². The molecule has 0 aliphatic heterocycles. The average molecular weight is 338 g/mol. The number of nitrogens with two attached hydrogens (primary N) is 2. The number of ether oxygens (including phenoxy) is 1. The van der Waals surface area contributed by atoms with Crippen LogP contribution in [0.2, 0.25) is 0 Å². The number of aromatic nitrogens is 2. The van der Waals surface area contributed by atoms with E-state index in [0.29, 0.717) is 5.69 Å². The number of primary amides is 1. The van der Waals surface area contributed by atoms with E-state index >= 15 is 0 Å². The van der Waals surface area contributed by atoms with Gasteiger partial charge in [-0.2, -0.15) is 0 Å². The number of halogens is 1. The van der Waals surface area contributed by atoms with Gasteiger partial charge in [0.1, 0.15) is 6.04 Å². The molecule has 16 heavy (non-hydrogen) atoms. The fraction of sp³-hybridized carbons (Fsp3) is 0.375. The molecule has 0 aliphatic carbocycles. The molecule has 1 aromatic rings. The van der Waals surface area contributed by atoms with Crippen molar-refractivity contribution in [1.82, 2.24) is 9.97 Å². The number of nitrogens with zero attached hydrogens (tertiary/aromatic N) is 1. The van der Waals surface area contributed by atoms with Crippen LogP contribution in [-0.4, -0.2) is 32.0 Å². The Morgan fingerprint density at radius 3 is 2.81 bits per heavy atom. The van der Waals surface area contributed by atoms with E-state index in [0.717, 1.165) is 0 Å². The van der Waals surface area contributed by atoms with Crippen molar-refractivity contribution in [3.05, 3.63) is 18.2 Å². The van der Waals surface area contributed by atoms with E-state index in [4.69, 9.17) is 16.2 Å². The maximum absolute atomic E-state index is 11.4. The van der Waals surface area contributed by atoms with Crippen LogP contribution in [0.1, 0.15) is 5.69 Å². The summed E-state index contributed by atoms with van der Waals surface area (Å²) in [6.45, 7) is 0. The van der Waals surface area contributed by atoms with Crippen molar-refractivity contribution in [2.75, 3.05) is 0 Å². The molecule has 0 fully saturated rings. The third-order valence-electron chi connectivity index (χ3n) is 1.74. The van der Waals surface area contributed by atoms with E-state index in [1.165, 1.54) is 6.33 Å². The number of carbonyl (C=O) groups is 2. The second kappa shape index (κ2) is 5.80. The summed E-state index contributed by atoms with van der Waals surface area (Å²) in [5, 5.41) is 0. The number of carbonyl (C=O) groups excluding carboxylic acids is 2. The van der Waals surface area contributed by atoms with Gasteiger partial charge in [0.15, 0.2) is 0 Å². The van der Waals surface area contributed by atoms with Gasteiger partial charge in [0.05, 0.1) is 6.33 Å². The van der Waals surface area contributed by atoms with Crippen LogP contribution in [-0.2, 0) is 20.7 Å². The molecule has 8 heteroatoms. The zero-order chi connectivity index (χ0) is 12.1. The number of hydrogen-bond acceptors (Lipinski definition) is 5. The first kappa shape index (κ1) is 12.9. The molecule has 1 rings (SSSR count). The van der Waals surface area contributed by atoms with Crippen LogP contribution >= 0.6 is 22.6 Å². The number of imidazole rings is 1. The third kappa shape index (κ3) is 3.77. The van der Waals surface area contributed by atoms with Crippen LogP contribution in [0.3, 0.4) is 0 Å². The van der Waals surface area contributed by atoms with Crippen molar-refractivity contribution in [2.45, 2.75) is 16.6 Å². The molecule has 1 heterocycles. The minimum Gasteiger partial charge on any atom is -0.440 e. The van der Waals surface area contributed by atoms with Crippen LogP contribution in [0.4, 0.5) is 0 Å². The Balaban J connectivity index is 2.45. The van der Waals surface area contributed by atoms with Crippen molar-refractivity contribution in [3.63, 3.8) is 0 Å². The van der Waals surface area contributed by atoms with Crippen molar-refractivity contribution < 1.29 is 14.3 Å². The Hall–Kier alpha value is -1.16. The van der Waals surface area contributed by atoms with Gasteiger partial charge >= 0.3 is 5.97 Å². The molecular weight excluding hydrogens is 327 g/mol. The van der Waals surface area contributed by atoms with E-state index < -0.39 is 22.0 Å². The molecule has 88 valence electrons. The first-order valence-corrected chi connectivity index (χ1v) is 5.62. The zero-order valence-corrected chi connectivity index (χ0v) is 10.4. The van der Waals surface area contributed by atoms with Gasteiger partial charge in [-0.3, -0.25) is 9.59 Å². The highest BCUT2D eigenvalue weighted by molar-refractivity contribution is 14.1. The second-order valence-corrected chi connectivity index (χ2v) is 4.17. The monoisotopic (exact) mass is 338 g/mol. The Morgan fingerprint density at radius 1 is 1.62 bits per heavy atom. The normalized spacial score (nSPS) is 14.1. The minimum atomic E-state index is -1.00. The molecule has 7 nitrogen and oxygen atoms in total. The number of H-pyrrole nitrogens is 1. The Kier molecular flexibility index (Phi) is 4.68. The summed E-state index contributed by atoms with van der Waals surface area (Å²) in [5.41, 5.74) is 11.2. The molecule has 1 unspecified atom stereocenters. The second-order valence-electron chi connectivity index (χ2n) is 3.04. The van der Waals surface area contributed by atoms with Crippen molar-refractivity contribution in [3.8, 4) is 0 Å². The highest BCUT2D eigenvalue weighted by Gasteiger charge is 2.22. The fourth-order valence-corrected chi connectivity index (χ4v) is 1.21. The van der Waals surface area contributed by atoms with Crippen LogP contribution in [0.5, 0.6) is 0 Å². The van der Waals surface area contributed by atoms with Gasteiger partial charge in [-0.05, 0) is 22.6 Å². The predicted molar refractivity (Wildman–Crippen MR) is 63.4 cm³/mol. The zero-order valence-electron chi connectivity index (χ0n) is 8.22. The lowest BCUT2D eigenvalue weighted by Gasteiger charge is -2.12. The van der Waals surface area contributed by atoms with Gasteiger partial charge in [-0.1, -0.05) is 0 Å². The quantitative estimate of drug-likeness (QED) is 0.363. The SMILES string of the molecule is NC(=O)C(I)OC(=O)[C@@H](N)Cc1cnc[nH]1. The summed E-state index contributed by atoms with van der Waals surface area (Å²) >= 11 is 1.62. The Bertz CT molecular complexity index is 367.